The Bertz CT molecular complexity index is 418. The fourth-order valence-electron chi connectivity index (χ4n) is 1.54. The highest BCUT2D eigenvalue weighted by Gasteiger charge is 2.18. The summed E-state index contributed by atoms with van der Waals surface area (Å²) in [5.41, 5.74) is 0.457. The number of carbonyl (C=O) groups is 1. The molecule has 3 nitrogen and oxygen atoms in total. The van der Waals surface area contributed by atoms with Gasteiger partial charge in [0.2, 0.25) is 0 Å². The predicted molar refractivity (Wildman–Crippen MR) is 64.3 cm³/mol. The molecule has 1 N–H and O–H groups in total. The Hall–Kier alpha value is -1.68. The molecule has 1 aromatic rings. The molecule has 0 fully saturated rings. The molecule has 0 spiro atoms. The summed E-state index contributed by atoms with van der Waals surface area (Å²) in [7, 11) is 0. The van der Waals surface area contributed by atoms with Crippen LogP contribution in [-0.2, 0) is 0 Å². The zero-order valence-electron chi connectivity index (χ0n) is 9.82. The second kappa shape index (κ2) is 6.15. The summed E-state index contributed by atoms with van der Waals surface area (Å²) in [6, 6.07) is 4.69. The number of benzene rings is 1. The number of nitrogens with zero attached hydrogens (tertiary/aromatic N) is 1. The summed E-state index contributed by atoms with van der Waals surface area (Å²) in [6.07, 6.45) is 1.54. The number of halogens is 1. The zero-order valence-corrected chi connectivity index (χ0v) is 9.82. The van der Waals surface area contributed by atoms with E-state index in [4.69, 9.17) is 5.11 Å². The van der Waals surface area contributed by atoms with Gasteiger partial charge in [-0.15, -0.1) is 6.58 Å². The van der Waals surface area contributed by atoms with E-state index >= 15 is 0 Å². The van der Waals surface area contributed by atoms with Crippen molar-refractivity contribution < 1.29 is 14.3 Å². The summed E-state index contributed by atoms with van der Waals surface area (Å²) in [5.74, 6) is -0.940. The Morgan fingerprint density at radius 3 is 2.88 bits per heavy atom. The Kier molecular flexibility index (Phi) is 4.84. The number of aliphatic hydroxyl groups is 1. The van der Waals surface area contributed by atoms with Gasteiger partial charge in [0.1, 0.15) is 5.82 Å². The van der Waals surface area contributed by atoms with Crippen LogP contribution in [-0.4, -0.2) is 35.6 Å². The Balaban J connectivity index is 3.00. The van der Waals surface area contributed by atoms with E-state index in [1.165, 1.54) is 11.0 Å². The normalized spacial score (nSPS) is 10.1. The van der Waals surface area contributed by atoms with Crippen molar-refractivity contribution in [2.24, 2.45) is 0 Å². The minimum absolute atomic E-state index is 0.0281. The molecule has 0 radical (unpaired) electrons. The molecule has 0 aliphatic heterocycles. The summed E-state index contributed by atoms with van der Waals surface area (Å²) < 4.78 is 13.8. The SMILES string of the molecule is C=CCN(CCO)C(=O)c1cccc(C)c1F. The number of carbonyl (C=O) groups excluding carboxylic acids is 1. The molecule has 0 unspecified atom stereocenters. The lowest BCUT2D eigenvalue weighted by Crippen LogP contribution is -2.34. The van der Waals surface area contributed by atoms with E-state index in [1.54, 1.807) is 25.1 Å². The molecule has 1 amide bonds. The first-order valence-corrected chi connectivity index (χ1v) is 5.38. The molecule has 17 heavy (non-hydrogen) atoms. The highest BCUT2D eigenvalue weighted by molar-refractivity contribution is 5.94. The highest BCUT2D eigenvalue weighted by atomic mass is 19.1. The summed E-state index contributed by atoms with van der Waals surface area (Å²) in [4.78, 5) is 13.4. The molecule has 0 aliphatic carbocycles. The van der Waals surface area contributed by atoms with Crippen molar-refractivity contribution in [2.75, 3.05) is 19.7 Å². The number of hydrogen-bond donors (Lipinski definition) is 1. The summed E-state index contributed by atoms with van der Waals surface area (Å²) in [5, 5.41) is 8.86. The molecule has 1 aromatic carbocycles. The molecule has 0 aliphatic rings. The van der Waals surface area contributed by atoms with Gasteiger partial charge >= 0.3 is 0 Å². The second-order valence-corrected chi connectivity index (χ2v) is 3.70. The largest absolute Gasteiger partial charge is 0.395 e. The fraction of sp³-hybridized carbons (Fsp3) is 0.308. The average molecular weight is 237 g/mol. The van der Waals surface area contributed by atoms with E-state index in [1.807, 2.05) is 0 Å². The van der Waals surface area contributed by atoms with Crippen molar-refractivity contribution >= 4 is 5.91 Å². The quantitative estimate of drug-likeness (QED) is 0.793. The second-order valence-electron chi connectivity index (χ2n) is 3.70. The van der Waals surface area contributed by atoms with Gasteiger partial charge in [0, 0.05) is 13.1 Å². The minimum atomic E-state index is -0.510. The molecule has 0 atom stereocenters. The van der Waals surface area contributed by atoms with Crippen LogP contribution in [0.3, 0.4) is 0 Å². The molecule has 0 saturated carbocycles. The molecule has 0 aromatic heterocycles. The number of hydrogen-bond acceptors (Lipinski definition) is 2. The molecule has 4 heteroatoms. The fourth-order valence-corrected chi connectivity index (χ4v) is 1.54. The third-order valence-electron chi connectivity index (χ3n) is 2.43. The summed E-state index contributed by atoms with van der Waals surface area (Å²) >= 11 is 0. The van der Waals surface area contributed by atoms with Crippen molar-refractivity contribution in [1.29, 1.82) is 0 Å². The molecular weight excluding hydrogens is 221 g/mol. The van der Waals surface area contributed by atoms with Crippen LogP contribution < -0.4 is 0 Å². The van der Waals surface area contributed by atoms with E-state index < -0.39 is 11.7 Å². The third kappa shape index (κ3) is 3.14. The van der Waals surface area contributed by atoms with Crippen molar-refractivity contribution in [3.05, 3.63) is 47.8 Å². The highest BCUT2D eigenvalue weighted by Crippen LogP contribution is 2.14. The minimum Gasteiger partial charge on any atom is -0.395 e. The Labute approximate surface area is 100 Å². The smallest absolute Gasteiger partial charge is 0.257 e. The topological polar surface area (TPSA) is 40.5 Å². The van der Waals surface area contributed by atoms with Crippen LogP contribution >= 0.6 is 0 Å². The van der Waals surface area contributed by atoms with Crippen molar-refractivity contribution in [1.82, 2.24) is 4.90 Å². The van der Waals surface area contributed by atoms with Crippen molar-refractivity contribution in [3.8, 4) is 0 Å². The van der Waals surface area contributed by atoms with Gasteiger partial charge in [0.25, 0.3) is 5.91 Å². The molecule has 0 bridgehead atoms. The lowest BCUT2D eigenvalue weighted by atomic mass is 10.1. The number of amides is 1. The van der Waals surface area contributed by atoms with Crippen LogP contribution in [0.2, 0.25) is 0 Å². The lowest BCUT2D eigenvalue weighted by molar-refractivity contribution is 0.0738. The maximum atomic E-state index is 13.8. The molecule has 92 valence electrons. The first kappa shape index (κ1) is 13.4. The van der Waals surface area contributed by atoms with E-state index in [2.05, 4.69) is 6.58 Å². The third-order valence-corrected chi connectivity index (χ3v) is 2.43. The van der Waals surface area contributed by atoms with Crippen LogP contribution in [0.1, 0.15) is 15.9 Å². The van der Waals surface area contributed by atoms with Crippen LogP contribution in [0, 0.1) is 12.7 Å². The van der Waals surface area contributed by atoms with E-state index in [0.29, 0.717) is 5.56 Å². The van der Waals surface area contributed by atoms with Gasteiger partial charge in [-0.25, -0.2) is 4.39 Å². The van der Waals surface area contributed by atoms with Crippen molar-refractivity contribution in [2.45, 2.75) is 6.92 Å². The lowest BCUT2D eigenvalue weighted by Gasteiger charge is -2.20. The molecule has 0 heterocycles. The first-order chi connectivity index (χ1) is 8.11. The van der Waals surface area contributed by atoms with Gasteiger partial charge in [-0.1, -0.05) is 18.2 Å². The Morgan fingerprint density at radius 2 is 2.29 bits per heavy atom. The van der Waals surface area contributed by atoms with Gasteiger partial charge in [-0.2, -0.15) is 0 Å². The van der Waals surface area contributed by atoms with Gasteiger partial charge in [-0.05, 0) is 18.6 Å². The number of aryl methyl sites for hydroxylation is 1. The van der Waals surface area contributed by atoms with Crippen LogP contribution in [0.4, 0.5) is 4.39 Å². The number of aliphatic hydroxyl groups excluding tert-OH is 1. The molecule has 0 saturated heterocycles. The predicted octanol–water partition coefficient (Wildman–Crippen LogP) is 1.75. The van der Waals surface area contributed by atoms with E-state index in [0.717, 1.165) is 0 Å². The van der Waals surface area contributed by atoms with Crippen LogP contribution in [0.25, 0.3) is 0 Å². The van der Waals surface area contributed by atoms with Gasteiger partial charge < -0.3 is 10.0 Å². The van der Waals surface area contributed by atoms with Crippen molar-refractivity contribution in [3.63, 3.8) is 0 Å². The standard InChI is InChI=1S/C13H16FNO2/c1-3-7-15(8-9-16)13(17)11-6-4-5-10(2)12(11)14/h3-6,16H,1,7-9H2,2H3. The van der Waals surface area contributed by atoms with Gasteiger partial charge in [0.05, 0.1) is 12.2 Å². The van der Waals surface area contributed by atoms with Gasteiger partial charge in [-0.3, -0.25) is 4.79 Å². The molecular formula is C13H16FNO2. The molecule has 1 rings (SSSR count). The monoisotopic (exact) mass is 237 g/mol. The Morgan fingerprint density at radius 1 is 1.59 bits per heavy atom. The first-order valence-electron chi connectivity index (χ1n) is 5.38. The van der Waals surface area contributed by atoms with E-state index in [-0.39, 0.29) is 25.3 Å². The van der Waals surface area contributed by atoms with Gasteiger partial charge in [0.15, 0.2) is 0 Å². The number of rotatable bonds is 5. The average Bonchev–Trinajstić information content (AvgIpc) is 2.31. The summed E-state index contributed by atoms with van der Waals surface area (Å²) in [6.45, 7) is 5.43. The van der Waals surface area contributed by atoms with Crippen LogP contribution in [0.15, 0.2) is 30.9 Å². The maximum Gasteiger partial charge on any atom is 0.257 e. The van der Waals surface area contributed by atoms with E-state index in [9.17, 15) is 9.18 Å². The zero-order chi connectivity index (χ0) is 12.8. The van der Waals surface area contributed by atoms with Crippen LogP contribution in [0.5, 0.6) is 0 Å². The maximum absolute atomic E-state index is 13.8.